The highest BCUT2D eigenvalue weighted by atomic mass is 32.1. The molecule has 0 saturated carbocycles. The predicted octanol–water partition coefficient (Wildman–Crippen LogP) is 2.44. The summed E-state index contributed by atoms with van der Waals surface area (Å²) in [5.74, 6) is -2.36. The number of aromatic carboxylic acids is 1. The van der Waals surface area contributed by atoms with Gasteiger partial charge < -0.3 is 25.8 Å². The van der Waals surface area contributed by atoms with Gasteiger partial charge in [-0.2, -0.15) is 0 Å². The molecule has 0 unspecified atom stereocenters. The number of carbonyl (C=O) groups is 4. The zero-order valence-corrected chi connectivity index (χ0v) is 17.6. The maximum Gasteiger partial charge on any atom is 0.408 e. The molecule has 1 aromatic heterocycles. The van der Waals surface area contributed by atoms with Gasteiger partial charge in [0.1, 0.15) is 22.6 Å². The molecule has 4 N–H and O–H groups in total. The number of amides is 3. The molecule has 1 aromatic rings. The normalized spacial score (nSPS) is 13.4. The third-order valence-electron chi connectivity index (χ3n) is 3.44. The van der Waals surface area contributed by atoms with Crippen molar-refractivity contribution in [1.29, 1.82) is 0 Å². The summed E-state index contributed by atoms with van der Waals surface area (Å²) in [7, 11) is 0. The molecule has 2 atom stereocenters. The van der Waals surface area contributed by atoms with Crippen LogP contribution >= 0.6 is 11.3 Å². The molecule has 3 amide bonds. The van der Waals surface area contributed by atoms with Crippen molar-refractivity contribution >= 4 is 40.2 Å². The van der Waals surface area contributed by atoms with Crippen LogP contribution in [-0.2, 0) is 14.3 Å². The van der Waals surface area contributed by atoms with Crippen LogP contribution in [0.25, 0.3) is 0 Å². The van der Waals surface area contributed by atoms with Crippen LogP contribution in [0, 0.1) is 5.92 Å². The van der Waals surface area contributed by atoms with Crippen molar-refractivity contribution in [2.24, 2.45) is 5.92 Å². The van der Waals surface area contributed by atoms with Crippen molar-refractivity contribution in [1.82, 2.24) is 10.6 Å². The summed E-state index contributed by atoms with van der Waals surface area (Å²) in [5.41, 5.74) is -0.704. The largest absolute Gasteiger partial charge is 0.477 e. The van der Waals surface area contributed by atoms with Crippen LogP contribution < -0.4 is 16.0 Å². The quantitative estimate of drug-likeness (QED) is 0.542. The van der Waals surface area contributed by atoms with E-state index >= 15 is 0 Å². The van der Waals surface area contributed by atoms with Gasteiger partial charge in [0.2, 0.25) is 11.8 Å². The lowest BCUT2D eigenvalue weighted by Crippen LogP contribution is -2.54. The van der Waals surface area contributed by atoms with Crippen LogP contribution in [0.1, 0.15) is 51.2 Å². The molecule has 28 heavy (non-hydrogen) atoms. The van der Waals surface area contributed by atoms with Crippen LogP contribution in [0.2, 0.25) is 0 Å². The van der Waals surface area contributed by atoms with Crippen LogP contribution in [0.4, 0.5) is 9.80 Å². The average Bonchev–Trinajstić information content (AvgIpc) is 2.99. The molecule has 0 aliphatic carbocycles. The number of thiophene rings is 1. The summed E-state index contributed by atoms with van der Waals surface area (Å²) in [6.07, 6.45) is -0.724. The summed E-state index contributed by atoms with van der Waals surface area (Å²) >= 11 is 0.913. The highest BCUT2D eigenvalue weighted by molar-refractivity contribution is 7.18. The lowest BCUT2D eigenvalue weighted by Gasteiger charge is -2.26. The number of anilines is 1. The Bertz CT molecular complexity index is 738. The number of hydrogen-bond acceptors (Lipinski definition) is 6. The first-order chi connectivity index (χ1) is 12.8. The second kappa shape index (κ2) is 9.54. The number of carboxylic acids is 1. The summed E-state index contributed by atoms with van der Waals surface area (Å²) in [6.45, 7) is 10.1. The van der Waals surface area contributed by atoms with Crippen molar-refractivity contribution in [2.45, 2.75) is 59.2 Å². The Labute approximate surface area is 167 Å². The standard InChI is InChI=1S/C18H27N3O6S/c1-9(2)13(21-17(26)27-18(4,5)6)15(23)19-10(3)14(22)20-12-8-7-11(28-12)16(24)25/h7-10,13H,1-6H3,(H,19,23)(H,20,22)(H,21,26)(H,24,25)/t10-,13-/m1/s1. The fourth-order valence-corrected chi connectivity index (χ4v) is 2.84. The van der Waals surface area contributed by atoms with Crippen LogP contribution in [-0.4, -0.2) is 46.7 Å². The third kappa shape index (κ3) is 7.55. The number of carboxylic acid groups (broad SMARTS) is 1. The van der Waals surface area contributed by atoms with E-state index in [0.29, 0.717) is 5.00 Å². The van der Waals surface area contributed by atoms with Crippen molar-refractivity contribution in [2.75, 3.05) is 5.32 Å². The van der Waals surface area contributed by atoms with Crippen LogP contribution in [0.5, 0.6) is 0 Å². The van der Waals surface area contributed by atoms with Gasteiger partial charge in [-0.25, -0.2) is 9.59 Å². The number of rotatable bonds is 7. The van der Waals surface area contributed by atoms with Gasteiger partial charge >= 0.3 is 12.1 Å². The molecular formula is C18H27N3O6S. The fraction of sp³-hybridized carbons (Fsp3) is 0.556. The molecular weight excluding hydrogens is 386 g/mol. The predicted molar refractivity (Wildman–Crippen MR) is 106 cm³/mol. The third-order valence-corrected chi connectivity index (χ3v) is 4.43. The Kier molecular flexibility index (Phi) is 7.98. The highest BCUT2D eigenvalue weighted by Gasteiger charge is 2.29. The van der Waals surface area contributed by atoms with E-state index in [1.165, 1.54) is 19.1 Å². The number of alkyl carbamates (subject to hydrolysis) is 1. The van der Waals surface area contributed by atoms with Gasteiger partial charge in [0.25, 0.3) is 0 Å². The van der Waals surface area contributed by atoms with E-state index in [2.05, 4.69) is 16.0 Å². The number of carbonyl (C=O) groups excluding carboxylic acids is 3. The molecule has 0 aliphatic rings. The topological polar surface area (TPSA) is 134 Å². The Morgan fingerprint density at radius 3 is 2.11 bits per heavy atom. The number of hydrogen-bond donors (Lipinski definition) is 4. The van der Waals surface area contributed by atoms with E-state index in [1.54, 1.807) is 34.6 Å². The minimum atomic E-state index is -1.08. The molecule has 156 valence electrons. The summed E-state index contributed by atoms with van der Waals surface area (Å²) < 4.78 is 5.17. The first-order valence-electron chi connectivity index (χ1n) is 8.74. The minimum absolute atomic E-state index is 0.0911. The molecule has 1 rings (SSSR count). The smallest absolute Gasteiger partial charge is 0.408 e. The second-order valence-electron chi connectivity index (χ2n) is 7.56. The fourth-order valence-electron chi connectivity index (χ4n) is 2.09. The SMILES string of the molecule is CC(C)[C@@H](NC(=O)OC(C)(C)C)C(=O)N[C@H](C)C(=O)Nc1ccc(C(=O)O)s1. The van der Waals surface area contributed by atoms with Gasteiger partial charge in [0.05, 0.1) is 5.00 Å². The van der Waals surface area contributed by atoms with Gasteiger partial charge in [-0.3, -0.25) is 9.59 Å². The van der Waals surface area contributed by atoms with E-state index in [9.17, 15) is 19.2 Å². The molecule has 1 heterocycles. The van der Waals surface area contributed by atoms with Gasteiger partial charge in [-0.1, -0.05) is 13.8 Å². The molecule has 0 saturated heterocycles. The van der Waals surface area contributed by atoms with Crippen LogP contribution in [0.3, 0.4) is 0 Å². The Morgan fingerprint density at radius 1 is 1.04 bits per heavy atom. The van der Waals surface area contributed by atoms with Crippen molar-refractivity contribution < 1.29 is 29.0 Å². The van der Waals surface area contributed by atoms with E-state index in [1.807, 2.05) is 0 Å². The number of nitrogens with one attached hydrogen (secondary N) is 3. The maximum absolute atomic E-state index is 12.5. The maximum atomic E-state index is 12.5. The van der Waals surface area contributed by atoms with E-state index in [0.717, 1.165) is 11.3 Å². The zero-order valence-electron chi connectivity index (χ0n) is 16.8. The van der Waals surface area contributed by atoms with E-state index in [4.69, 9.17) is 9.84 Å². The second-order valence-corrected chi connectivity index (χ2v) is 8.64. The molecule has 0 aromatic carbocycles. The Hall–Kier alpha value is -2.62. The summed E-state index contributed by atoms with van der Waals surface area (Å²) in [5, 5.41) is 16.9. The Morgan fingerprint density at radius 2 is 1.64 bits per heavy atom. The van der Waals surface area contributed by atoms with Gasteiger partial charge in [-0.05, 0) is 45.7 Å². The molecule has 0 aliphatic heterocycles. The van der Waals surface area contributed by atoms with Crippen molar-refractivity contribution in [3.63, 3.8) is 0 Å². The molecule has 0 fully saturated rings. The Balaban J connectivity index is 2.68. The lowest BCUT2D eigenvalue weighted by molar-refractivity contribution is -0.128. The molecule has 10 heteroatoms. The van der Waals surface area contributed by atoms with Gasteiger partial charge in [0, 0.05) is 0 Å². The van der Waals surface area contributed by atoms with Crippen molar-refractivity contribution in [3.8, 4) is 0 Å². The lowest BCUT2D eigenvalue weighted by atomic mass is 10.0. The van der Waals surface area contributed by atoms with Crippen LogP contribution in [0.15, 0.2) is 12.1 Å². The molecule has 0 radical (unpaired) electrons. The number of ether oxygens (including phenoxy) is 1. The van der Waals surface area contributed by atoms with Gasteiger partial charge in [-0.15, -0.1) is 11.3 Å². The van der Waals surface area contributed by atoms with E-state index < -0.39 is 41.6 Å². The first-order valence-corrected chi connectivity index (χ1v) is 9.55. The molecule has 9 nitrogen and oxygen atoms in total. The minimum Gasteiger partial charge on any atom is -0.477 e. The van der Waals surface area contributed by atoms with E-state index in [-0.39, 0.29) is 10.8 Å². The van der Waals surface area contributed by atoms with Crippen molar-refractivity contribution in [3.05, 3.63) is 17.0 Å². The monoisotopic (exact) mass is 413 g/mol. The molecule has 0 spiro atoms. The molecule has 0 bridgehead atoms. The summed E-state index contributed by atoms with van der Waals surface area (Å²) in [6, 6.07) is 1.07. The first kappa shape index (κ1) is 23.4. The average molecular weight is 413 g/mol. The van der Waals surface area contributed by atoms with Gasteiger partial charge in [0.15, 0.2) is 0 Å². The highest BCUT2D eigenvalue weighted by Crippen LogP contribution is 2.21. The summed E-state index contributed by atoms with van der Waals surface area (Å²) in [4.78, 5) is 47.7. The zero-order chi connectivity index (χ0) is 21.6.